The van der Waals surface area contributed by atoms with Gasteiger partial charge in [-0.25, -0.2) is 4.79 Å². The Labute approximate surface area is 155 Å². The molecule has 4 heteroatoms. The molecule has 1 heterocycles. The van der Waals surface area contributed by atoms with Gasteiger partial charge in [0.1, 0.15) is 11.9 Å². The molecule has 4 nitrogen and oxygen atoms in total. The van der Waals surface area contributed by atoms with Crippen LogP contribution < -0.4 is 4.74 Å². The summed E-state index contributed by atoms with van der Waals surface area (Å²) in [6.45, 7) is 4.65. The highest BCUT2D eigenvalue weighted by Crippen LogP contribution is 2.44. The number of ether oxygens (including phenoxy) is 3. The zero-order valence-corrected chi connectivity index (χ0v) is 15.7. The lowest BCUT2D eigenvalue weighted by molar-refractivity contribution is -0.145. The van der Waals surface area contributed by atoms with Crippen molar-refractivity contribution >= 4 is 5.97 Å². The van der Waals surface area contributed by atoms with Crippen LogP contribution in [0.15, 0.2) is 42.5 Å². The molecule has 2 unspecified atom stereocenters. The van der Waals surface area contributed by atoms with E-state index in [0.29, 0.717) is 6.61 Å². The molecule has 1 aliphatic heterocycles. The second-order valence-electron chi connectivity index (χ2n) is 6.67. The van der Waals surface area contributed by atoms with Crippen LogP contribution in [0, 0.1) is 6.92 Å². The number of rotatable bonds is 8. The van der Waals surface area contributed by atoms with E-state index in [2.05, 4.69) is 38.1 Å². The fraction of sp³-hybridized carbons (Fsp3) is 0.409. The van der Waals surface area contributed by atoms with Crippen molar-refractivity contribution in [3.05, 3.63) is 53.6 Å². The molecule has 0 aliphatic carbocycles. The van der Waals surface area contributed by atoms with Crippen LogP contribution in [0.4, 0.5) is 0 Å². The maximum Gasteiger partial charge on any atom is 0.338 e. The number of carbonyl (C=O) groups excluding carboxylic acids is 1. The fourth-order valence-electron chi connectivity index (χ4n) is 3.03. The van der Waals surface area contributed by atoms with Crippen LogP contribution in [0.1, 0.15) is 43.4 Å². The summed E-state index contributed by atoms with van der Waals surface area (Å²) in [5.41, 5.74) is 4.30. The van der Waals surface area contributed by atoms with E-state index in [4.69, 9.17) is 14.2 Å². The lowest BCUT2D eigenvalue weighted by atomic mass is 9.95. The monoisotopic (exact) mass is 354 g/mol. The number of carbonyl (C=O) groups is 1. The van der Waals surface area contributed by atoms with E-state index >= 15 is 0 Å². The Kier molecular flexibility index (Phi) is 5.94. The topological polar surface area (TPSA) is 48.1 Å². The van der Waals surface area contributed by atoms with Gasteiger partial charge in [0.15, 0.2) is 6.10 Å². The van der Waals surface area contributed by atoms with Crippen LogP contribution in [-0.2, 0) is 14.3 Å². The number of esters is 1. The highest BCUT2D eigenvalue weighted by atomic mass is 16.6. The molecule has 0 aromatic heterocycles. The van der Waals surface area contributed by atoms with Crippen molar-refractivity contribution in [2.24, 2.45) is 0 Å². The summed E-state index contributed by atoms with van der Waals surface area (Å²) in [5.74, 6) is 0.514. The first-order chi connectivity index (χ1) is 12.6. The zero-order valence-electron chi connectivity index (χ0n) is 15.7. The van der Waals surface area contributed by atoms with Gasteiger partial charge >= 0.3 is 5.97 Å². The number of methoxy groups -OCH3 is 1. The minimum atomic E-state index is -0.505. The molecule has 0 saturated carbocycles. The normalized spacial score (nSPS) is 18.4. The maximum atomic E-state index is 12.2. The van der Waals surface area contributed by atoms with E-state index in [1.54, 1.807) is 7.11 Å². The molecule has 0 spiro atoms. The minimum absolute atomic E-state index is 0.254. The van der Waals surface area contributed by atoms with Crippen LogP contribution in [-0.4, -0.2) is 25.8 Å². The Hall–Kier alpha value is -2.33. The summed E-state index contributed by atoms with van der Waals surface area (Å²) in [6, 6.07) is 14.2. The lowest BCUT2D eigenvalue weighted by Gasteiger charge is -2.11. The van der Waals surface area contributed by atoms with E-state index in [-0.39, 0.29) is 12.1 Å². The summed E-state index contributed by atoms with van der Waals surface area (Å²) in [7, 11) is 1.65. The van der Waals surface area contributed by atoms with Crippen molar-refractivity contribution in [2.75, 3.05) is 13.7 Å². The Bertz CT molecular complexity index is 751. The van der Waals surface area contributed by atoms with Gasteiger partial charge in [0, 0.05) is 0 Å². The van der Waals surface area contributed by atoms with Crippen LogP contribution in [0.25, 0.3) is 11.1 Å². The second kappa shape index (κ2) is 8.37. The van der Waals surface area contributed by atoms with Crippen molar-refractivity contribution in [3.63, 3.8) is 0 Å². The molecular weight excluding hydrogens is 328 g/mol. The first-order valence-corrected chi connectivity index (χ1v) is 9.21. The van der Waals surface area contributed by atoms with Crippen molar-refractivity contribution in [2.45, 2.75) is 45.3 Å². The lowest BCUT2D eigenvalue weighted by Crippen LogP contribution is -2.13. The minimum Gasteiger partial charge on any atom is -0.497 e. The third-order valence-electron chi connectivity index (χ3n) is 4.65. The number of hydrogen-bond acceptors (Lipinski definition) is 4. The third kappa shape index (κ3) is 4.25. The number of hydrogen-bond donors (Lipinski definition) is 0. The van der Waals surface area contributed by atoms with Crippen LogP contribution in [0.5, 0.6) is 5.75 Å². The molecule has 1 fully saturated rings. The van der Waals surface area contributed by atoms with Gasteiger partial charge in [-0.3, -0.25) is 0 Å². The van der Waals surface area contributed by atoms with Gasteiger partial charge in [-0.1, -0.05) is 55.7 Å². The zero-order chi connectivity index (χ0) is 18.5. The average Bonchev–Trinajstić information content (AvgIpc) is 3.46. The van der Waals surface area contributed by atoms with Crippen LogP contribution in [0.2, 0.25) is 0 Å². The third-order valence-corrected chi connectivity index (χ3v) is 4.65. The molecule has 3 rings (SSSR count). The van der Waals surface area contributed by atoms with Crippen molar-refractivity contribution < 1.29 is 19.0 Å². The molecule has 2 aromatic rings. The van der Waals surface area contributed by atoms with Crippen molar-refractivity contribution in [3.8, 4) is 16.9 Å². The molecule has 26 heavy (non-hydrogen) atoms. The summed E-state index contributed by atoms with van der Waals surface area (Å²) in [6.07, 6.45) is 2.31. The summed E-state index contributed by atoms with van der Waals surface area (Å²) >= 11 is 0. The number of epoxide rings is 1. The number of unbranched alkanes of at least 4 members (excludes halogenated alkanes) is 2. The van der Waals surface area contributed by atoms with Crippen molar-refractivity contribution in [1.82, 2.24) is 0 Å². The van der Waals surface area contributed by atoms with Gasteiger partial charge < -0.3 is 14.2 Å². The van der Waals surface area contributed by atoms with Gasteiger partial charge in [0.05, 0.1) is 13.7 Å². The highest BCUT2D eigenvalue weighted by molar-refractivity contribution is 5.80. The SMILES string of the molecule is CCCCCOC(=O)C1OC1c1ccc(OC)cc1-c1ccc(C)cc1. The number of benzene rings is 2. The predicted molar refractivity (Wildman–Crippen MR) is 101 cm³/mol. The first-order valence-electron chi connectivity index (χ1n) is 9.21. The molecule has 2 aromatic carbocycles. The molecule has 0 amide bonds. The summed E-state index contributed by atoms with van der Waals surface area (Å²) in [4.78, 5) is 12.2. The Morgan fingerprint density at radius 3 is 2.58 bits per heavy atom. The summed E-state index contributed by atoms with van der Waals surface area (Å²) < 4.78 is 16.4. The van der Waals surface area contributed by atoms with Gasteiger partial charge in [0.2, 0.25) is 0 Å². The Morgan fingerprint density at radius 1 is 1.12 bits per heavy atom. The smallest absolute Gasteiger partial charge is 0.338 e. The van der Waals surface area contributed by atoms with Gasteiger partial charge in [-0.05, 0) is 42.2 Å². The Balaban J connectivity index is 1.76. The fourth-order valence-corrected chi connectivity index (χ4v) is 3.03. The average molecular weight is 354 g/mol. The van der Waals surface area contributed by atoms with E-state index in [1.165, 1.54) is 5.56 Å². The number of aryl methyl sites for hydroxylation is 1. The molecule has 1 saturated heterocycles. The van der Waals surface area contributed by atoms with E-state index in [9.17, 15) is 4.79 Å². The first kappa shape index (κ1) is 18.5. The molecule has 138 valence electrons. The summed E-state index contributed by atoms with van der Waals surface area (Å²) in [5, 5.41) is 0. The van der Waals surface area contributed by atoms with E-state index < -0.39 is 6.10 Å². The molecule has 0 bridgehead atoms. The predicted octanol–water partition coefficient (Wildman–Crippen LogP) is 4.84. The molecular formula is C22H26O4. The quantitative estimate of drug-likeness (QED) is 0.386. The van der Waals surface area contributed by atoms with Crippen LogP contribution in [0.3, 0.4) is 0 Å². The molecule has 0 N–H and O–H groups in total. The standard InChI is InChI=1S/C22H26O4/c1-4-5-6-13-25-22(23)21-20(26-21)18-12-11-17(24-3)14-19(18)16-9-7-15(2)8-10-16/h7-12,14,20-21H,4-6,13H2,1-3H3. The van der Waals surface area contributed by atoms with Gasteiger partial charge in [-0.15, -0.1) is 0 Å². The van der Waals surface area contributed by atoms with E-state index in [1.807, 2.05) is 18.2 Å². The second-order valence-corrected chi connectivity index (χ2v) is 6.67. The molecule has 2 atom stereocenters. The van der Waals surface area contributed by atoms with Crippen molar-refractivity contribution in [1.29, 1.82) is 0 Å². The molecule has 0 radical (unpaired) electrons. The maximum absolute atomic E-state index is 12.2. The van der Waals surface area contributed by atoms with E-state index in [0.717, 1.165) is 41.7 Å². The largest absolute Gasteiger partial charge is 0.497 e. The Morgan fingerprint density at radius 2 is 1.88 bits per heavy atom. The van der Waals surface area contributed by atoms with Gasteiger partial charge in [-0.2, -0.15) is 0 Å². The highest BCUT2D eigenvalue weighted by Gasteiger charge is 2.48. The van der Waals surface area contributed by atoms with Crippen LogP contribution >= 0.6 is 0 Å². The molecule has 1 aliphatic rings. The van der Waals surface area contributed by atoms with Gasteiger partial charge in [0.25, 0.3) is 0 Å².